The van der Waals surface area contributed by atoms with Crippen LogP contribution in [0.1, 0.15) is 16.1 Å². The Balaban J connectivity index is 2.22. The van der Waals surface area contributed by atoms with E-state index in [9.17, 15) is 9.18 Å². The van der Waals surface area contributed by atoms with Crippen molar-refractivity contribution in [1.29, 1.82) is 5.26 Å². The number of carboxylic acid groups (broad SMARTS) is 1. The fourth-order valence-corrected chi connectivity index (χ4v) is 1.25. The third-order valence-corrected chi connectivity index (χ3v) is 2.12. The van der Waals surface area contributed by atoms with Crippen LogP contribution in [0.5, 0.6) is 11.6 Å². The van der Waals surface area contributed by atoms with E-state index in [-0.39, 0.29) is 22.9 Å². The molecule has 2 aromatic rings. The number of hydrogen-bond donors (Lipinski definition) is 1. The van der Waals surface area contributed by atoms with Gasteiger partial charge in [-0.3, -0.25) is 0 Å². The minimum atomic E-state index is -1.22. The van der Waals surface area contributed by atoms with Gasteiger partial charge in [0.1, 0.15) is 0 Å². The van der Waals surface area contributed by atoms with Crippen molar-refractivity contribution in [3.63, 3.8) is 0 Å². The lowest BCUT2D eigenvalue weighted by atomic mass is 10.2. The fraction of sp³-hybridized carbons (Fsp3) is 0. The van der Waals surface area contributed by atoms with Crippen LogP contribution in [0.15, 0.2) is 30.6 Å². The highest BCUT2D eigenvalue weighted by molar-refractivity contribution is 5.84. The van der Waals surface area contributed by atoms with E-state index < -0.39 is 11.8 Å². The van der Waals surface area contributed by atoms with Gasteiger partial charge in [-0.2, -0.15) is 5.26 Å². The molecule has 0 aliphatic carbocycles. The van der Waals surface area contributed by atoms with Crippen molar-refractivity contribution in [3.8, 4) is 17.7 Å². The highest BCUT2D eigenvalue weighted by atomic mass is 19.1. The molecule has 0 fully saturated rings. The summed E-state index contributed by atoms with van der Waals surface area (Å²) in [6.07, 6.45) is 2.07. The number of benzene rings is 1. The Labute approximate surface area is 106 Å². The summed E-state index contributed by atoms with van der Waals surface area (Å²) in [5, 5.41) is 17.2. The van der Waals surface area contributed by atoms with Gasteiger partial charge in [-0.05, 0) is 18.2 Å². The molecule has 0 radical (unpaired) electrons. The normalized spacial score (nSPS) is 9.68. The van der Waals surface area contributed by atoms with Crippen LogP contribution < -0.4 is 4.74 Å². The maximum atomic E-state index is 13.5. The maximum Gasteiger partial charge on any atom is 0.356 e. The monoisotopic (exact) mass is 259 g/mol. The van der Waals surface area contributed by atoms with Gasteiger partial charge in [-0.1, -0.05) is 0 Å². The third-order valence-electron chi connectivity index (χ3n) is 2.12. The summed E-state index contributed by atoms with van der Waals surface area (Å²) >= 11 is 0. The van der Waals surface area contributed by atoms with Crippen LogP contribution >= 0.6 is 0 Å². The Morgan fingerprint density at radius 2 is 2.16 bits per heavy atom. The van der Waals surface area contributed by atoms with Crippen LogP contribution in [-0.4, -0.2) is 21.0 Å². The lowest BCUT2D eigenvalue weighted by Crippen LogP contribution is -2.01. The topological polar surface area (TPSA) is 96.1 Å². The Morgan fingerprint density at radius 3 is 2.68 bits per heavy atom. The number of ether oxygens (including phenoxy) is 1. The summed E-state index contributed by atoms with van der Waals surface area (Å²) in [4.78, 5) is 17.8. The van der Waals surface area contributed by atoms with E-state index in [1.807, 2.05) is 0 Å². The predicted molar refractivity (Wildman–Crippen MR) is 60.2 cm³/mol. The van der Waals surface area contributed by atoms with E-state index in [1.54, 1.807) is 6.07 Å². The average molecular weight is 259 g/mol. The van der Waals surface area contributed by atoms with Gasteiger partial charge in [-0.25, -0.2) is 19.2 Å². The smallest absolute Gasteiger partial charge is 0.356 e. The number of carbonyl (C=O) groups is 1. The van der Waals surface area contributed by atoms with Crippen LogP contribution in [0, 0.1) is 17.1 Å². The van der Waals surface area contributed by atoms with E-state index >= 15 is 0 Å². The molecule has 0 aliphatic heterocycles. The zero-order chi connectivity index (χ0) is 13.8. The molecule has 1 N–H and O–H groups in total. The summed E-state index contributed by atoms with van der Waals surface area (Å²) in [6.45, 7) is 0. The van der Waals surface area contributed by atoms with E-state index in [0.29, 0.717) is 0 Å². The Kier molecular flexibility index (Phi) is 3.34. The van der Waals surface area contributed by atoms with Gasteiger partial charge in [0.05, 0.1) is 24.0 Å². The first-order valence-electron chi connectivity index (χ1n) is 5.03. The Bertz CT molecular complexity index is 665. The molecule has 7 heteroatoms. The van der Waals surface area contributed by atoms with Crippen molar-refractivity contribution in [1.82, 2.24) is 9.97 Å². The number of hydrogen-bond acceptors (Lipinski definition) is 5. The molecule has 0 aliphatic rings. The van der Waals surface area contributed by atoms with Crippen molar-refractivity contribution in [2.45, 2.75) is 0 Å². The molecule has 94 valence electrons. The quantitative estimate of drug-likeness (QED) is 0.905. The van der Waals surface area contributed by atoms with E-state index in [4.69, 9.17) is 15.1 Å². The van der Waals surface area contributed by atoms with Gasteiger partial charge in [0.25, 0.3) is 0 Å². The van der Waals surface area contributed by atoms with Gasteiger partial charge < -0.3 is 9.84 Å². The summed E-state index contributed by atoms with van der Waals surface area (Å²) < 4.78 is 18.6. The molecule has 0 bridgehead atoms. The molecule has 6 nitrogen and oxygen atoms in total. The van der Waals surface area contributed by atoms with E-state index in [0.717, 1.165) is 18.5 Å². The summed E-state index contributed by atoms with van der Waals surface area (Å²) in [6, 6.07) is 5.48. The largest absolute Gasteiger partial charge is 0.476 e. The number of nitriles is 1. The summed E-state index contributed by atoms with van der Waals surface area (Å²) in [7, 11) is 0. The van der Waals surface area contributed by atoms with Crippen molar-refractivity contribution in [2.24, 2.45) is 0 Å². The highest BCUT2D eigenvalue weighted by Crippen LogP contribution is 2.23. The first-order chi connectivity index (χ1) is 9.10. The van der Waals surface area contributed by atoms with Gasteiger partial charge in [-0.15, -0.1) is 0 Å². The molecule has 0 amide bonds. The first-order valence-corrected chi connectivity index (χ1v) is 5.03. The molecule has 0 saturated carbocycles. The zero-order valence-electron chi connectivity index (χ0n) is 9.37. The predicted octanol–water partition coefficient (Wildman–Crippen LogP) is 1.98. The number of rotatable bonds is 3. The Morgan fingerprint density at radius 1 is 1.37 bits per heavy atom. The third kappa shape index (κ3) is 2.81. The second-order valence-corrected chi connectivity index (χ2v) is 3.40. The molecular formula is C12H6FN3O3. The summed E-state index contributed by atoms with van der Waals surface area (Å²) in [5.74, 6) is -2.11. The van der Waals surface area contributed by atoms with Crippen molar-refractivity contribution < 1.29 is 19.0 Å². The molecule has 1 aromatic heterocycles. The minimum Gasteiger partial charge on any atom is -0.476 e. The number of nitrogens with zero attached hydrogens (tertiary/aromatic N) is 3. The van der Waals surface area contributed by atoms with Crippen LogP contribution in [0.3, 0.4) is 0 Å². The minimum absolute atomic E-state index is 0.0476. The number of aromatic nitrogens is 2. The van der Waals surface area contributed by atoms with Crippen LogP contribution in [0.2, 0.25) is 0 Å². The second kappa shape index (κ2) is 5.10. The lowest BCUT2D eigenvalue weighted by Gasteiger charge is -2.05. The number of aromatic carboxylic acids is 1. The SMILES string of the molecule is N#Cc1ccc(Oc2cnc(C(=O)O)cn2)c(F)c1. The molecule has 0 spiro atoms. The van der Waals surface area contributed by atoms with Crippen molar-refractivity contribution >= 4 is 5.97 Å². The van der Waals surface area contributed by atoms with Crippen LogP contribution in [-0.2, 0) is 0 Å². The van der Waals surface area contributed by atoms with Gasteiger partial charge >= 0.3 is 5.97 Å². The molecular weight excluding hydrogens is 253 g/mol. The Hall–Kier alpha value is -3.01. The molecule has 0 unspecified atom stereocenters. The molecule has 0 atom stereocenters. The molecule has 19 heavy (non-hydrogen) atoms. The van der Waals surface area contributed by atoms with Crippen LogP contribution in [0.4, 0.5) is 4.39 Å². The number of carboxylic acids is 1. The molecule has 1 aromatic carbocycles. The maximum absolute atomic E-state index is 13.5. The van der Waals surface area contributed by atoms with Crippen molar-refractivity contribution in [3.05, 3.63) is 47.7 Å². The average Bonchev–Trinajstić information content (AvgIpc) is 2.41. The number of halogens is 1. The van der Waals surface area contributed by atoms with Gasteiger partial charge in [0.2, 0.25) is 5.88 Å². The second-order valence-electron chi connectivity index (χ2n) is 3.40. The van der Waals surface area contributed by atoms with E-state index in [1.165, 1.54) is 12.1 Å². The molecule has 1 heterocycles. The lowest BCUT2D eigenvalue weighted by molar-refractivity contribution is 0.0690. The zero-order valence-corrected chi connectivity index (χ0v) is 9.37. The summed E-state index contributed by atoms with van der Waals surface area (Å²) in [5.41, 5.74) is -0.0789. The first kappa shape index (κ1) is 12.4. The van der Waals surface area contributed by atoms with Gasteiger partial charge in [0.15, 0.2) is 17.3 Å². The standard InChI is InChI=1S/C12H6FN3O3/c13-8-3-7(4-14)1-2-10(8)19-11-6-15-9(5-16-11)12(17)18/h1-3,5-6H,(H,17,18). The highest BCUT2D eigenvalue weighted by Gasteiger charge is 2.09. The van der Waals surface area contributed by atoms with Crippen LogP contribution in [0.25, 0.3) is 0 Å². The molecule has 2 rings (SSSR count). The van der Waals surface area contributed by atoms with Crippen molar-refractivity contribution in [2.75, 3.05) is 0 Å². The fourth-order valence-electron chi connectivity index (χ4n) is 1.25. The van der Waals surface area contributed by atoms with E-state index in [2.05, 4.69) is 9.97 Å². The van der Waals surface area contributed by atoms with Gasteiger partial charge in [0, 0.05) is 0 Å². The molecule has 0 saturated heterocycles.